The van der Waals surface area contributed by atoms with Crippen LogP contribution in [0.5, 0.6) is 0 Å². The van der Waals surface area contributed by atoms with E-state index in [-0.39, 0.29) is 17.6 Å². The van der Waals surface area contributed by atoms with Crippen LogP contribution in [0.3, 0.4) is 0 Å². The quantitative estimate of drug-likeness (QED) is 0.396. The number of likely N-dealkylation sites (tertiary alicyclic amines) is 1. The van der Waals surface area contributed by atoms with Crippen molar-refractivity contribution in [3.63, 3.8) is 0 Å². The molecule has 0 spiro atoms. The van der Waals surface area contributed by atoms with Gasteiger partial charge in [-0.2, -0.15) is 0 Å². The third-order valence-corrected chi connectivity index (χ3v) is 8.38. The van der Waals surface area contributed by atoms with Crippen molar-refractivity contribution in [1.82, 2.24) is 9.88 Å². The maximum absolute atomic E-state index is 12.5. The fourth-order valence-electron chi connectivity index (χ4n) is 6.17. The lowest BCUT2D eigenvalue weighted by atomic mass is 9.79. The number of benzene rings is 1. The van der Waals surface area contributed by atoms with Crippen LogP contribution >= 0.6 is 0 Å². The van der Waals surface area contributed by atoms with Gasteiger partial charge in [-0.05, 0) is 79.5 Å². The molecule has 2 N–H and O–H groups in total. The molecule has 3 aliphatic rings. The smallest absolute Gasteiger partial charge is 0.325 e. The summed E-state index contributed by atoms with van der Waals surface area (Å²) in [6, 6.07) is 11.6. The lowest BCUT2D eigenvalue weighted by molar-refractivity contribution is -0.143. The van der Waals surface area contributed by atoms with Gasteiger partial charge in [0.1, 0.15) is 11.9 Å². The summed E-state index contributed by atoms with van der Waals surface area (Å²) in [5.74, 6) is 0.254. The molecule has 7 heteroatoms. The van der Waals surface area contributed by atoms with Crippen LogP contribution in [0.1, 0.15) is 86.9 Å². The monoisotopic (exact) mass is 521 g/mol. The number of carbonyl (C=O) groups is 1. The van der Waals surface area contributed by atoms with Crippen LogP contribution in [0, 0.1) is 5.41 Å². The predicted molar refractivity (Wildman–Crippen MR) is 148 cm³/mol. The number of ether oxygens (including phenoxy) is 2. The zero-order valence-electron chi connectivity index (χ0n) is 23.0. The Morgan fingerprint density at radius 1 is 1.26 bits per heavy atom. The van der Waals surface area contributed by atoms with Crippen molar-refractivity contribution in [2.24, 2.45) is 5.41 Å². The summed E-state index contributed by atoms with van der Waals surface area (Å²) >= 11 is 0. The first-order valence-electron chi connectivity index (χ1n) is 14.4. The average molecular weight is 522 g/mol. The molecular formula is C31H43N3O4. The molecule has 5 rings (SSSR count). The number of unbranched alkanes of at least 4 members (excludes halogenated alkanes) is 1. The third-order valence-electron chi connectivity index (χ3n) is 8.38. The summed E-state index contributed by atoms with van der Waals surface area (Å²) in [6.45, 7) is 8.31. The van der Waals surface area contributed by atoms with Gasteiger partial charge in [-0.3, -0.25) is 9.69 Å². The van der Waals surface area contributed by atoms with E-state index < -0.39 is 12.0 Å². The molecule has 206 valence electrons. The van der Waals surface area contributed by atoms with Crippen molar-refractivity contribution in [3.05, 3.63) is 58.8 Å². The molecule has 0 saturated carbocycles. The molecule has 3 atom stereocenters. The number of anilines is 1. The molecule has 3 aliphatic heterocycles. The Hall–Kier alpha value is -2.48. The topological polar surface area (TPSA) is 83.9 Å². The fraction of sp³-hybridized carbons (Fsp3) is 0.613. The number of nitrogens with zero attached hydrogens (tertiary/aromatic N) is 2. The summed E-state index contributed by atoms with van der Waals surface area (Å²) < 4.78 is 12.4. The molecule has 1 aromatic heterocycles. The molecule has 3 unspecified atom stereocenters. The number of carboxylic acids is 1. The van der Waals surface area contributed by atoms with Crippen molar-refractivity contribution in [1.29, 1.82) is 0 Å². The maximum atomic E-state index is 12.5. The van der Waals surface area contributed by atoms with Crippen LogP contribution in [-0.4, -0.2) is 59.9 Å². The highest BCUT2D eigenvalue weighted by atomic mass is 16.5. The van der Waals surface area contributed by atoms with Gasteiger partial charge in [0.05, 0.1) is 12.2 Å². The maximum Gasteiger partial charge on any atom is 0.325 e. The number of aromatic nitrogens is 1. The van der Waals surface area contributed by atoms with E-state index in [4.69, 9.17) is 14.5 Å². The number of pyridine rings is 1. The van der Waals surface area contributed by atoms with E-state index in [1.807, 2.05) is 18.2 Å². The first-order valence-corrected chi connectivity index (χ1v) is 14.4. The van der Waals surface area contributed by atoms with Crippen LogP contribution < -0.4 is 5.32 Å². The number of fused-ring (bicyclic) bond motifs is 1. The number of aryl methyl sites for hydroxylation is 2. The van der Waals surface area contributed by atoms with Crippen LogP contribution in [0.4, 0.5) is 5.82 Å². The largest absolute Gasteiger partial charge is 0.480 e. The van der Waals surface area contributed by atoms with E-state index in [2.05, 4.69) is 42.3 Å². The van der Waals surface area contributed by atoms with Crippen LogP contribution in [-0.2, 0) is 27.1 Å². The standard InChI is InChI=1S/C31H43N3O4/c1-31(2)15-19-38-27(20-31)25-10-3-4-11-26(25)28(30(35)36)34-17-14-24(21-34)37-18-6-5-9-23-13-12-22-8-7-16-32-29(22)33-23/h3-4,10-13,24,27-28H,5-9,14-21H2,1-2H3,(H,32,33)(H,35,36). The minimum Gasteiger partial charge on any atom is -0.480 e. The Morgan fingerprint density at radius 3 is 2.97 bits per heavy atom. The Balaban J connectivity index is 1.13. The van der Waals surface area contributed by atoms with E-state index >= 15 is 0 Å². The second-order valence-corrected chi connectivity index (χ2v) is 11.9. The third kappa shape index (κ3) is 6.56. The molecule has 1 aromatic carbocycles. The molecule has 0 bridgehead atoms. The molecule has 2 aromatic rings. The van der Waals surface area contributed by atoms with Gasteiger partial charge in [0.25, 0.3) is 0 Å². The second kappa shape index (κ2) is 12.1. The number of aliphatic carboxylic acids is 1. The Labute approximate surface area is 226 Å². The van der Waals surface area contributed by atoms with Crippen LogP contribution in [0.15, 0.2) is 36.4 Å². The summed E-state index contributed by atoms with van der Waals surface area (Å²) in [4.78, 5) is 19.4. The van der Waals surface area contributed by atoms with E-state index in [1.54, 1.807) is 0 Å². The minimum absolute atomic E-state index is 0.0631. The van der Waals surface area contributed by atoms with Gasteiger partial charge < -0.3 is 19.9 Å². The first kappa shape index (κ1) is 27.1. The van der Waals surface area contributed by atoms with Gasteiger partial charge in [0.2, 0.25) is 0 Å². The Kier molecular flexibility index (Phi) is 8.66. The molecule has 4 heterocycles. The fourth-order valence-corrected chi connectivity index (χ4v) is 6.17. The van der Waals surface area contributed by atoms with Crippen LogP contribution in [0.2, 0.25) is 0 Å². The SMILES string of the molecule is CC1(C)CCOC(c2ccccc2C(C(=O)O)N2CCC(OCCCCc3ccc4c(n3)NCCC4)C2)C1. The van der Waals surface area contributed by atoms with Crippen molar-refractivity contribution >= 4 is 11.8 Å². The number of nitrogens with one attached hydrogen (secondary N) is 1. The number of rotatable bonds is 10. The summed E-state index contributed by atoms with van der Waals surface area (Å²) in [5, 5.41) is 13.7. The van der Waals surface area contributed by atoms with E-state index in [9.17, 15) is 9.90 Å². The second-order valence-electron chi connectivity index (χ2n) is 11.9. The van der Waals surface area contributed by atoms with Gasteiger partial charge in [-0.1, -0.05) is 44.2 Å². The summed E-state index contributed by atoms with van der Waals surface area (Å²) in [7, 11) is 0. The molecular weight excluding hydrogens is 478 g/mol. The molecule has 2 fully saturated rings. The van der Waals surface area contributed by atoms with Gasteiger partial charge >= 0.3 is 5.97 Å². The minimum atomic E-state index is -0.805. The highest BCUT2D eigenvalue weighted by Crippen LogP contribution is 2.42. The summed E-state index contributed by atoms with van der Waals surface area (Å²) in [6.07, 6.45) is 8.05. The number of hydrogen-bond acceptors (Lipinski definition) is 6. The normalized spacial score (nSPS) is 23.9. The molecule has 0 amide bonds. The predicted octanol–water partition coefficient (Wildman–Crippen LogP) is 5.56. The molecule has 0 aliphatic carbocycles. The zero-order chi connectivity index (χ0) is 26.5. The highest BCUT2D eigenvalue weighted by molar-refractivity contribution is 5.76. The lowest BCUT2D eigenvalue weighted by Gasteiger charge is -2.37. The molecule has 0 radical (unpaired) electrons. The van der Waals surface area contributed by atoms with Crippen molar-refractivity contribution < 1.29 is 19.4 Å². The van der Waals surface area contributed by atoms with Gasteiger partial charge in [-0.25, -0.2) is 4.98 Å². The lowest BCUT2D eigenvalue weighted by Crippen LogP contribution is -2.35. The molecule has 2 saturated heterocycles. The van der Waals surface area contributed by atoms with Crippen LogP contribution in [0.25, 0.3) is 0 Å². The number of carboxylic acid groups (broad SMARTS) is 1. The highest BCUT2D eigenvalue weighted by Gasteiger charge is 2.38. The summed E-state index contributed by atoms with van der Waals surface area (Å²) in [5.41, 5.74) is 4.53. The van der Waals surface area contributed by atoms with E-state index in [0.29, 0.717) is 19.8 Å². The zero-order valence-corrected chi connectivity index (χ0v) is 23.0. The Morgan fingerprint density at radius 2 is 2.13 bits per heavy atom. The average Bonchev–Trinajstić information content (AvgIpc) is 3.36. The first-order chi connectivity index (χ1) is 18.4. The van der Waals surface area contributed by atoms with Crippen molar-refractivity contribution in [2.45, 2.75) is 83.5 Å². The van der Waals surface area contributed by atoms with Gasteiger partial charge in [0, 0.05) is 38.5 Å². The van der Waals surface area contributed by atoms with Crippen molar-refractivity contribution in [3.8, 4) is 0 Å². The molecule has 7 nitrogen and oxygen atoms in total. The number of hydrogen-bond donors (Lipinski definition) is 2. The van der Waals surface area contributed by atoms with E-state index in [0.717, 1.165) is 80.7 Å². The van der Waals surface area contributed by atoms with E-state index in [1.165, 1.54) is 12.0 Å². The molecule has 38 heavy (non-hydrogen) atoms. The van der Waals surface area contributed by atoms with Gasteiger partial charge in [-0.15, -0.1) is 0 Å². The van der Waals surface area contributed by atoms with Crippen molar-refractivity contribution in [2.75, 3.05) is 38.2 Å². The Bertz CT molecular complexity index is 1100. The van der Waals surface area contributed by atoms with Gasteiger partial charge in [0.15, 0.2) is 0 Å².